The van der Waals surface area contributed by atoms with Crippen molar-refractivity contribution in [3.63, 3.8) is 0 Å². The van der Waals surface area contributed by atoms with E-state index >= 15 is 0 Å². The SMILES string of the molecule is CCCc1cc(OCCCCN2CCN(Cc3ccc(Cl)cc3)CC2)ccc1O. The maximum atomic E-state index is 9.86. The molecule has 29 heavy (non-hydrogen) atoms. The molecule has 1 N–H and O–H groups in total. The second-order valence-corrected chi connectivity index (χ2v) is 8.28. The smallest absolute Gasteiger partial charge is 0.119 e. The van der Waals surface area contributed by atoms with E-state index < -0.39 is 0 Å². The van der Waals surface area contributed by atoms with Crippen molar-refractivity contribution in [3.8, 4) is 11.5 Å². The van der Waals surface area contributed by atoms with Crippen LogP contribution in [0.3, 0.4) is 0 Å². The summed E-state index contributed by atoms with van der Waals surface area (Å²) >= 11 is 5.97. The topological polar surface area (TPSA) is 35.9 Å². The van der Waals surface area contributed by atoms with Gasteiger partial charge in [0.25, 0.3) is 0 Å². The minimum atomic E-state index is 0.370. The monoisotopic (exact) mass is 416 g/mol. The first kappa shape index (κ1) is 21.9. The Balaban J connectivity index is 1.29. The van der Waals surface area contributed by atoms with Crippen LogP contribution in [-0.4, -0.2) is 54.2 Å². The van der Waals surface area contributed by atoms with Crippen LogP contribution < -0.4 is 4.74 Å². The van der Waals surface area contributed by atoms with Crippen molar-refractivity contribution in [2.75, 3.05) is 39.3 Å². The third kappa shape index (κ3) is 7.22. The van der Waals surface area contributed by atoms with Gasteiger partial charge in [0.15, 0.2) is 0 Å². The first-order valence-electron chi connectivity index (χ1n) is 10.8. The first-order valence-corrected chi connectivity index (χ1v) is 11.2. The number of unbranched alkanes of at least 4 members (excludes halogenated alkanes) is 1. The van der Waals surface area contributed by atoms with Gasteiger partial charge in [0.1, 0.15) is 11.5 Å². The molecule has 158 valence electrons. The van der Waals surface area contributed by atoms with Gasteiger partial charge in [-0.3, -0.25) is 4.90 Å². The van der Waals surface area contributed by atoms with E-state index in [0.29, 0.717) is 5.75 Å². The Bertz CT molecular complexity index is 743. The van der Waals surface area contributed by atoms with E-state index in [2.05, 4.69) is 28.9 Å². The maximum absolute atomic E-state index is 9.86. The molecule has 0 bridgehead atoms. The average Bonchev–Trinajstić information content (AvgIpc) is 2.73. The molecule has 2 aromatic carbocycles. The van der Waals surface area contributed by atoms with Crippen LogP contribution >= 0.6 is 11.6 Å². The van der Waals surface area contributed by atoms with Crippen LogP contribution in [0.4, 0.5) is 0 Å². The Morgan fingerprint density at radius 2 is 1.69 bits per heavy atom. The normalized spacial score (nSPS) is 15.5. The molecule has 0 aromatic heterocycles. The number of phenols is 1. The number of nitrogens with zero attached hydrogens (tertiary/aromatic N) is 2. The van der Waals surface area contributed by atoms with Gasteiger partial charge in [-0.2, -0.15) is 0 Å². The number of rotatable bonds is 10. The van der Waals surface area contributed by atoms with Crippen molar-refractivity contribution >= 4 is 11.6 Å². The van der Waals surface area contributed by atoms with E-state index in [0.717, 1.165) is 87.9 Å². The van der Waals surface area contributed by atoms with Gasteiger partial charge in [-0.1, -0.05) is 37.1 Å². The Morgan fingerprint density at radius 1 is 0.966 bits per heavy atom. The summed E-state index contributed by atoms with van der Waals surface area (Å²) in [6.45, 7) is 9.48. The molecule has 0 aliphatic carbocycles. The molecule has 3 rings (SSSR count). The van der Waals surface area contributed by atoms with E-state index in [1.807, 2.05) is 24.3 Å². The molecule has 1 fully saturated rings. The van der Waals surface area contributed by atoms with Gasteiger partial charge in [0, 0.05) is 37.7 Å². The predicted octanol–water partition coefficient (Wildman–Crippen LogP) is 4.97. The molecule has 0 atom stereocenters. The van der Waals surface area contributed by atoms with E-state index in [9.17, 15) is 5.11 Å². The molecule has 2 aromatic rings. The van der Waals surface area contributed by atoms with Crippen molar-refractivity contribution in [2.45, 2.75) is 39.2 Å². The van der Waals surface area contributed by atoms with Gasteiger partial charge in [-0.05, 0) is 67.3 Å². The van der Waals surface area contributed by atoms with Crippen LogP contribution in [0.1, 0.15) is 37.3 Å². The number of hydrogen-bond donors (Lipinski definition) is 1. The van der Waals surface area contributed by atoms with Crippen LogP contribution in [-0.2, 0) is 13.0 Å². The molecule has 4 nitrogen and oxygen atoms in total. The summed E-state index contributed by atoms with van der Waals surface area (Å²) in [4.78, 5) is 5.07. The molecule has 1 saturated heterocycles. The molecule has 0 amide bonds. The second kappa shape index (κ2) is 11.4. The highest BCUT2D eigenvalue weighted by molar-refractivity contribution is 6.30. The summed E-state index contributed by atoms with van der Waals surface area (Å²) in [5.41, 5.74) is 2.30. The van der Waals surface area contributed by atoms with Crippen LogP contribution in [0, 0.1) is 0 Å². The van der Waals surface area contributed by atoms with Gasteiger partial charge in [-0.15, -0.1) is 0 Å². The van der Waals surface area contributed by atoms with Gasteiger partial charge in [0.2, 0.25) is 0 Å². The lowest BCUT2D eigenvalue weighted by Crippen LogP contribution is -2.46. The van der Waals surface area contributed by atoms with E-state index in [4.69, 9.17) is 16.3 Å². The number of piperazine rings is 1. The number of phenolic OH excluding ortho intramolecular Hbond substituents is 1. The zero-order valence-electron chi connectivity index (χ0n) is 17.4. The highest BCUT2D eigenvalue weighted by Crippen LogP contribution is 2.24. The number of halogens is 1. The Morgan fingerprint density at radius 3 is 2.41 bits per heavy atom. The molecule has 0 unspecified atom stereocenters. The van der Waals surface area contributed by atoms with Crippen molar-refractivity contribution in [1.29, 1.82) is 0 Å². The van der Waals surface area contributed by atoms with Crippen LogP contribution in [0.15, 0.2) is 42.5 Å². The Labute approximate surface area is 180 Å². The summed E-state index contributed by atoms with van der Waals surface area (Å²) in [6.07, 6.45) is 4.10. The zero-order chi connectivity index (χ0) is 20.5. The number of ether oxygens (including phenoxy) is 1. The van der Waals surface area contributed by atoms with Crippen molar-refractivity contribution in [1.82, 2.24) is 9.80 Å². The highest BCUT2D eigenvalue weighted by atomic mass is 35.5. The number of hydrogen-bond acceptors (Lipinski definition) is 4. The molecule has 0 spiro atoms. The molecule has 1 aliphatic rings. The lowest BCUT2D eigenvalue weighted by atomic mass is 10.1. The predicted molar refractivity (Wildman–Crippen MR) is 120 cm³/mol. The molecule has 0 saturated carbocycles. The van der Waals surface area contributed by atoms with Crippen LogP contribution in [0.25, 0.3) is 0 Å². The summed E-state index contributed by atoms with van der Waals surface area (Å²) in [5.74, 6) is 1.23. The summed E-state index contributed by atoms with van der Waals surface area (Å²) in [6, 6.07) is 13.7. The van der Waals surface area contributed by atoms with Gasteiger partial charge < -0.3 is 14.7 Å². The number of benzene rings is 2. The largest absolute Gasteiger partial charge is 0.508 e. The summed E-state index contributed by atoms with van der Waals surface area (Å²) in [5, 5.41) is 10.7. The van der Waals surface area contributed by atoms with E-state index in [1.165, 1.54) is 5.56 Å². The summed E-state index contributed by atoms with van der Waals surface area (Å²) in [7, 11) is 0. The average molecular weight is 417 g/mol. The fraction of sp³-hybridized carbons (Fsp3) is 0.500. The first-order chi connectivity index (χ1) is 14.1. The van der Waals surface area contributed by atoms with Gasteiger partial charge >= 0.3 is 0 Å². The minimum absolute atomic E-state index is 0.370. The fourth-order valence-electron chi connectivity index (χ4n) is 3.77. The highest BCUT2D eigenvalue weighted by Gasteiger charge is 2.16. The zero-order valence-corrected chi connectivity index (χ0v) is 18.2. The quantitative estimate of drug-likeness (QED) is 0.554. The number of aryl methyl sites for hydroxylation is 1. The third-order valence-electron chi connectivity index (χ3n) is 5.49. The van der Waals surface area contributed by atoms with Gasteiger partial charge in [-0.25, -0.2) is 0 Å². The lowest BCUT2D eigenvalue weighted by molar-refractivity contribution is 0.124. The molecule has 0 radical (unpaired) electrons. The van der Waals surface area contributed by atoms with Crippen molar-refractivity contribution < 1.29 is 9.84 Å². The number of aromatic hydroxyl groups is 1. The molecule has 1 heterocycles. The van der Waals surface area contributed by atoms with Crippen LogP contribution in [0.2, 0.25) is 5.02 Å². The maximum Gasteiger partial charge on any atom is 0.119 e. The van der Waals surface area contributed by atoms with E-state index in [-0.39, 0.29) is 0 Å². The molecular weight excluding hydrogens is 384 g/mol. The lowest BCUT2D eigenvalue weighted by Gasteiger charge is -2.34. The Kier molecular flexibility index (Phi) is 8.66. The van der Waals surface area contributed by atoms with Crippen LogP contribution in [0.5, 0.6) is 11.5 Å². The van der Waals surface area contributed by atoms with Gasteiger partial charge in [0.05, 0.1) is 6.61 Å². The van der Waals surface area contributed by atoms with E-state index in [1.54, 1.807) is 6.07 Å². The molecular formula is C24H33ClN2O2. The second-order valence-electron chi connectivity index (χ2n) is 7.84. The third-order valence-corrected chi connectivity index (χ3v) is 5.74. The Hall–Kier alpha value is -1.75. The van der Waals surface area contributed by atoms with Crippen molar-refractivity contribution in [3.05, 3.63) is 58.6 Å². The fourth-order valence-corrected chi connectivity index (χ4v) is 3.89. The minimum Gasteiger partial charge on any atom is -0.508 e. The molecule has 1 aliphatic heterocycles. The van der Waals surface area contributed by atoms with Crippen molar-refractivity contribution in [2.24, 2.45) is 0 Å². The molecule has 5 heteroatoms. The summed E-state index contributed by atoms with van der Waals surface area (Å²) < 4.78 is 5.88. The standard InChI is InChI=1S/C24H33ClN2O2/c1-2-5-21-18-23(10-11-24(21)28)29-17-4-3-12-26-13-15-27(16-14-26)19-20-6-8-22(25)9-7-20/h6-11,18,28H,2-5,12-17,19H2,1H3.